The first-order chi connectivity index (χ1) is 12.7. The molecule has 7 heteroatoms. The molecule has 27 heavy (non-hydrogen) atoms. The summed E-state index contributed by atoms with van der Waals surface area (Å²) < 4.78 is 25.2. The number of nitrogens with one attached hydrogen (secondary N) is 1. The van der Waals surface area contributed by atoms with Crippen LogP contribution in [0.3, 0.4) is 0 Å². The van der Waals surface area contributed by atoms with Gasteiger partial charge in [-0.2, -0.15) is 0 Å². The van der Waals surface area contributed by atoms with Gasteiger partial charge < -0.3 is 14.8 Å². The molecule has 0 atom stereocenters. The van der Waals surface area contributed by atoms with Crippen LogP contribution in [0.4, 0.5) is 4.39 Å². The normalized spacial score (nSPS) is 10.3. The Morgan fingerprint density at radius 2 is 1.85 bits per heavy atom. The van der Waals surface area contributed by atoms with Crippen molar-refractivity contribution in [1.29, 1.82) is 0 Å². The molecule has 0 aliphatic rings. The van der Waals surface area contributed by atoms with Gasteiger partial charge in [-0.05, 0) is 62.8 Å². The fraction of sp³-hybridized carbons (Fsp3) is 0.200. The lowest BCUT2D eigenvalue weighted by atomic mass is 10.2. The number of rotatable bonds is 8. The van der Waals surface area contributed by atoms with Crippen molar-refractivity contribution < 1.29 is 13.9 Å². The Bertz CT molecular complexity index is 844. The predicted octanol–water partition coefficient (Wildman–Crippen LogP) is 5.95. The Morgan fingerprint density at radius 1 is 1.07 bits per heavy atom. The summed E-state index contributed by atoms with van der Waals surface area (Å²) in [7, 11) is 1.62. The highest BCUT2D eigenvalue weighted by Crippen LogP contribution is 2.37. The van der Waals surface area contributed by atoms with E-state index in [1.54, 1.807) is 30.6 Å². The van der Waals surface area contributed by atoms with Crippen LogP contribution < -0.4 is 14.8 Å². The molecule has 0 fully saturated rings. The van der Waals surface area contributed by atoms with Crippen molar-refractivity contribution in [2.75, 3.05) is 7.11 Å². The second kappa shape index (κ2) is 10.7. The maximum absolute atomic E-state index is 13.0. The summed E-state index contributed by atoms with van der Waals surface area (Å²) in [5.41, 5.74) is 1.99. The van der Waals surface area contributed by atoms with Gasteiger partial charge in [-0.3, -0.25) is 0 Å². The number of thiophene rings is 1. The van der Waals surface area contributed by atoms with Crippen molar-refractivity contribution in [3.05, 3.63) is 80.2 Å². The Morgan fingerprint density at radius 3 is 2.52 bits per heavy atom. The maximum Gasteiger partial charge on any atom is 0.175 e. The summed E-state index contributed by atoms with van der Waals surface area (Å²) in [6.07, 6.45) is 0. The molecule has 1 heterocycles. The molecule has 0 radical (unpaired) electrons. The molecule has 2 aromatic carbocycles. The molecule has 0 spiro atoms. The van der Waals surface area contributed by atoms with Gasteiger partial charge in [0.15, 0.2) is 11.5 Å². The largest absolute Gasteiger partial charge is 0.493 e. The first-order valence-corrected chi connectivity index (χ1v) is 9.79. The average molecular weight is 473 g/mol. The lowest BCUT2D eigenvalue weighted by Gasteiger charge is -2.15. The zero-order valence-corrected chi connectivity index (χ0v) is 17.9. The fourth-order valence-corrected chi connectivity index (χ4v) is 3.77. The van der Waals surface area contributed by atoms with Crippen LogP contribution in [0.15, 0.2) is 58.4 Å². The van der Waals surface area contributed by atoms with E-state index in [2.05, 4.69) is 38.8 Å². The minimum Gasteiger partial charge on any atom is -0.493 e. The fourth-order valence-electron chi connectivity index (χ4n) is 2.49. The summed E-state index contributed by atoms with van der Waals surface area (Å²) >= 11 is 5.30. The third kappa shape index (κ3) is 6.21. The monoisotopic (exact) mass is 471 g/mol. The molecule has 1 N–H and O–H groups in total. The smallest absolute Gasteiger partial charge is 0.175 e. The van der Waals surface area contributed by atoms with Gasteiger partial charge in [-0.15, -0.1) is 23.7 Å². The number of benzene rings is 2. The molecule has 144 valence electrons. The van der Waals surface area contributed by atoms with Crippen LogP contribution in [0.25, 0.3) is 0 Å². The molecule has 0 amide bonds. The Hall–Kier alpha value is -1.60. The van der Waals surface area contributed by atoms with Gasteiger partial charge >= 0.3 is 0 Å². The highest BCUT2D eigenvalue weighted by molar-refractivity contribution is 9.10. The van der Waals surface area contributed by atoms with Gasteiger partial charge in [-0.1, -0.05) is 18.2 Å². The van der Waals surface area contributed by atoms with Crippen LogP contribution in [0.5, 0.6) is 11.5 Å². The predicted molar refractivity (Wildman–Crippen MR) is 114 cm³/mol. The summed E-state index contributed by atoms with van der Waals surface area (Å²) in [4.78, 5) is 1.30. The van der Waals surface area contributed by atoms with Crippen molar-refractivity contribution in [3.8, 4) is 11.5 Å². The third-order valence-corrected chi connectivity index (χ3v) is 5.26. The summed E-state index contributed by atoms with van der Waals surface area (Å²) in [5, 5.41) is 5.50. The van der Waals surface area contributed by atoms with Crippen LogP contribution in [-0.2, 0) is 19.7 Å². The lowest BCUT2D eigenvalue weighted by Crippen LogP contribution is -2.12. The van der Waals surface area contributed by atoms with E-state index in [0.29, 0.717) is 18.1 Å². The second-order valence-electron chi connectivity index (χ2n) is 5.71. The van der Waals surface area contributed by atoms with E-state index in [4.69, 9.17) is 9.47 Å². The molecule has 0 bridgehead atoms. The Labute approximate surface area is 177 Å². The van der Waals surface area contributed by atoms with Gasteiger partial charge in [0, 0.05) is 18.0 Å². The SMILES string of the molecule is COc1cc(CNCc2cccs2)cc(Br)c1OCc1ccc(F)cc1.Cl. The quantitative estimate of drug-likeness (QED) is 0.439. The number of hydrogen-bond donors (Lipinski definition) is 1. The van der Waals surface area contributed by atoms with E-state index in [1.807, 2.05) is 12.1 Å². The Balaban J connectivity index is 0.00000261. The highest BCUT2D eigenvalue weighted by Gasteiger charge is 2.12. The van der Waals surface area contributed by atoms with Gasteiger partial charge in [0.2, 0.25) is 0 Å². The standard InChI is InChI=1S/C20H19BrFNO2S.ClH/c1-24-19-10-15(11-23-12-17-3-2-8-26-17)9-18(21)20(19)25-13-14-4-6-16(22)7-5-14;/h2-10,23H,11-13H2,1H3;1H. The number of halogens is 3. The summed E-state index contributed by atoms with van der Waals surface area (Å²) in [6, 6.07) is 14.4. The van der Waals surface area contributed by atoms with Crippen LogP contribution in [0.1, 0.15) is 16.0 Å². The molecule has 3 nitrogen and oxygen atoms in total. The van der Waals surface area contributed by atoms with Crippen LogP contribution in [-0.4, -0.2) is 7.11 Å². The van der Waals surface area contributed by atoms with Crippen molar-refractivity contribution >= 4 is 39.7 Å². The molecule has 3 aromatic rings. The third-order valence-electron chi connectivity index (χ3n) is 3.79. The number of methoxy groups -OCH3 is 1. The molecule has 0 saturated heterocycles. The van der Waals surface area contributed by atoms with Crippen LogP contribution >= 0.6 is 39.7 Å². The number of hydrogen-bond acceptors (Lipinski definition) is 4. The van der Waals surface area contributed by atoms with Crippen LogP contribution in [0, 0.1) is 5.82 Å². The van der Waals surface area contributed by atoms with Gasteiger partial charge in [0.1, 0.15) is 12.4 Å². The zero-order valence-electron chi connectivity index (χ0n) is 14.7. The average Bonchev–Trinajstić information content (AvgIpc) is 3.15. The Kier molecular flexibility index (Phi) is 8.57. The zero-order chi connectivity index (χ0) is 18.4. The lowest BCUT2D eigenvalue weighted by molar-refractivity contribution is 0.282. The van der Waals surface area contributed by atoms with Crippen molar-refractivity contribution in [3.63, 3.8) is 0 Å². The van der Waals surface area contributed by atoms with Crippen LogP contribution in [0.2, 0.25) is 0 Å². The topological polar surface area (TPSA) is 30.5 Å². The summed E-state index contributed by atoms with van der Waals surface area (Å²) in [6.45, 7) is 1.90. The highest BCUT2D eigenvalue weighted by atomic mass is 79.9. The van der Waals surface area contributed by atoms with E-state index in [9.17, 15) is 4.39 Å². The molecule has 0 saturated carbocycles. The molecular weight excluding hydrogens is 453 g/mol. The van der Waals surface area contributed by atoms with Crippen molar-refractivity contribution in [2.45, 2.75) is 19.7 Å². The van der Waals surface area contributed by atoms with E-state index in [0.717, 1.165) is 28.7 Å². The van der Waals surface area contributed by atoms with E-state index in [-0.39, 0.29) is 18.2 Å². The van der Waals surface area contributed by atoms with E-state index < -0.39 is 0 Å². The van der Waals surface area contributed by atoms with E-state index >= 15 is 0 Å². The molecule has 1 aromatic heterocycles. The minimum absolute atomic E-state index is 0. The first-order valence-electron chi connectivity index (χ1n) is 8.12. The maximum atomic E-state index is 13.0. The molecular formula is C20H20BrClFNO2S. The van der Waals surface area contributed by atoms with E-state index in [1.165, 1.54) is 17.0 Å². The van der Waals surface area contributed by atoms with Crippen molar-refractivity contribution in [2.24, 2.45) is 0 Å². The molecule has 3 rings (SSSR count). The van der Waals surface area contributed by atoms with Gasteiger partial charge in [-0.25, -0.2) is 4.39 Å². The minimum atomic E-state index is -0.257. The van der Waals surface area contributed by atoms with Gasteiger partial charge in [0.25, 0.3) is 0 Å². The first kappa shape index (κ1) is 21.7. The molecule has 0 aliphatic carbocycles. The second-order valence-corrected chi connectivity index (χ2v) is 7.59. The molecule has 0 unspecified atom stereocenters. The van der Waals surface area contributed by atoms with Crippen molar-refractivity contribution in [1.82, 2.24) is 5.32 Å². The number of ether oxygens (including phenoxy) is 2. The summed E-state index contributed by atoms with van der Waals surface area (Å²) in [5.74, 6) is 1.04. The van der Waals surface area contributed by atoms with Gasteiger partial charge in [0.05, 0.1) is 11.6 Å². The molecule has 0 aliphatic heterocycles.